The molecule has 0 radical (unpaired) electrons. The van der Waals surface area contributed by atoms with Crippen LogP contribution >= 0.6 is 0 Å². The van der Waals surface area contributed by atoms with Crippen molar-refractivity contribution in [2.75, 3.05) is 42.8 Å². The molecule has 0 saturated heterocycles. The van der Waals surface area contributed by atoms with E-state index in [0.29, 0.717) is 11.6 Å². The Morgan fingerprint density at radius 1 is 1.12 bits per heavy atom. The Balaban J connectivity index is 2.14. The number of carbonyl (C=O) groups excluding carboxylic acids is 1. The fourth-order valence-electron chi connectivity index (χ4n) is 2.37. The van der Waals surface area contributed by atoms with Gasteiger partial charge in [-0.3, -0.25) is 4.79 Å². The molecule has 0 saturated carbocycles. The molecule has 6 nitrogen and oxygen atoms in total. The summed E-state index contributed by atoms with van der Waals surface area (Å²) in [5, 5.41) is 2.89. The number of anilines is 3. The van der Waals surface area contributed by atoms with Crippen LogP contribution in [-0.2, 0) is 0 Å². The average Bonchev–Trinajstić information content (AvgIpc) is 2.59. The van der Waals surface area contributed by atoms with Crippen molar-refractivity contribution < 1.29 is 4.79 Å². The summed E-state index contributed by atoms with van der Waals surface area (Å²) in [7, 11) is 5.91. The first-order valence-corrected chi connectivity index (χ1v) is 8.56. The average molecular weight is 341 g/mol. The maximum atomic E-state index is 12.5. The third kappa shape index (κ3) is 5.17. The molecule has 1 amide bonds. The van der Waals surface area contributed by atoms with Crippen LogP contribution in [0.4, 0.5) is 17.3 Å². The first kappa shape index (κ1) is 18.7. The monoisotopic (exact) mass is 341 g/mol. The van der Waals surface area contributed by atoms with Crippen molar-refractivity contribution in [2.24, 2.45) is 0 Å². The highest BCUT2D eigenvalue weighted by atomic mass is 16.1. The molecular weight excluding hydrogens is 314 g/mol. The van der Waals surface area contributed by atoms with Crippen LogP contribution in [-0.4, -0.2) is 43.6 Å². The van der Waals surface area contributed by atoms with Crippen LogP contribution < -0.4 is 15.1 Å². The maximum Gasteiger partial charge on any atom is 0.274 e. The predicted octanol–water partition coefficient (Wildman–Crippen LogP) is 3.34. The van der Waals surface area contributed by atoms with Crippen LogP contribution in [0.1, 0.15) is 35.9 Å². The van der Waals surface area contributed by atoms with Crippen LogP contribution in [0.2, 0.25) is 0 Å². The summed E-state index contributed by atoms with van der Waals surface area (Å²) < 4.78 is 0. The molecular formula is C19H27N5O. The van der Waals surface area contributed by atoms with Crippen molar-refractivity contribution >= 4 is 23.2 Å². The number of nitrogens with zero attached hydrogens (tertiary/aromatic N) is 4. The summed E-state index contributed by atoms with van der Waals surface area (Å²) >= 11 is 0. The van der Waals surface area contributed by atoms with Crippen LogP contribution in [0.5, 0.6) is 0 Å². The summed E-state index contributed by atoms with van der Waals surface area (Å²) in [5.41, 5.74) is 2.98. The Kier molecular flexibility index (Phi) is 6.33. The molecule has 0 atom stereocenters. The van der Waals surface area contributed by atoms with E-state index in [1.54, 1.807) is 6.07 Å². The molecule has 2 aromatic rings. The van der Waals surface area contributed by atoms with Gasteiger partial charge in [-0.15, -0.1) is 0 Å². The zero-order chi connectivity index (χ0) is 18.4. The molecule has 0 aliphatic carbocycles. The first-order valence-electron chi connectivity index (χ1n) is 8.56. The number of amides is 1. The van der Waals surface area contributed by atoms with Crippen LogP contribution in [0, 0.1) is 6.92 Å². The van der Waals surface area contributed by atoms with E-state index < -0.39 is 0 Å². The quantitative estimate of drug-likeness (QED) is 0.837. The summed E-state index contributed by atoms with van der Waals surface area (Å²) in [6.45, 7) is 4.89. The van der Waals surface area contributed by atoms with E-state index in [2.05, 4.69) is 22.2 Å². The molecule has 1 aromatic heterocycles. The molecule has 0 bridgehead atoms. The van der Waals surface area contributed by atoms with Crippen LogP contribution in [0.25, 0.3) is 0 Å². The van der Waals surface area contributed by atoms with Crippen LogP contribution in [0.3, 0.4) is 0 Å². The maximum absolute atomic E-state index is 12.5. The number of unbranched alkanes of at least 4 members (excludes halogenated alkanes) is 1. The number of carbonyl (C=O) groups is 1. The zero-order valence-electron chi connectivity index (χ0n) is 15.7. The minimum Gasteiger partial charge on any atom is -0.378 e. The summed E-state index contributed by atoms with van der Waals surface area (Å²) in [4.78, 5) is 25.4. The smallest absolute Gasteiger partial charge is 0.274 e. The van der Waals surface area contributed by atoms with E-state index in [9.17, 15) is 4.79 Å². The minimum absolute atomic E-state index is 0.228. The largest absolute Gasteiger partial charge is 0.378 e. The second kappa shape index (κ2) is 8.46. The van der Waals surface area contributed by atoms with Gasteiger partial charge in [0.05, 0.1) is 0 Å². The van der Waals surface area contributed by atoms with E-state index in [1.807, 2.05) is 62.1 Å². The second-order valence-corrected chi connectivity index (χ2v) is 6.37. The van der Waals surface area contributed by atoms with Crippen molar-refractivity contribution in [3.05, 3.63) is 41.7 Å². The van der Waals surface area contributed by atoms with E-state index in [1.165, 1.54) is 0 Å². The fraction of sp³-hybridized carbons (Fsp3) is 0.421. The Bertz CT molecular complexity index is 712. The van der Waals surface area contributed by atoms with Crippen LogP contribution in [0.15, 0.2) is 30.3 Å². The number of benzene rings is 1. The van der Waals surface area contributed by atoms with Crippen molar-refractivity contribution in [2.45, 2.75) is 26.7 Å². The van der Waals surface area contributed by atoms with Crippen molar-refractivity contribution in [1.29, 1.82) is 0 Å². The molecule has 0 aliphatic rings. The van der Waals surface area contributed by atoms with Crippen molar-refractivity contribution in [1.82, 2.24) is 9.97 Å². The molecule has 25 heavy (non-hydrogen) atoms. The lowest BCUT2D eigenvalue weighted by molar-refractivity contribution is 0.102. The summed E-state index contributed by atoms with van der Waals surface area (Å²) in [6.07, 6.45) is 2.17. The Morgan fingerprint density at radius 3 is 2.40 bits per heavy atom. The van der Waals surface area contributed by atoms with Gasteiger partial charge in [0.1, 0.15) is 5.69 Å². The van der Waals surface area contributed by atoms with E-state index in [-0.39, 0.29) is 5.91 Å². The summed E-state index contributed by atoms with van der Waals surface area (Å²) in [5.74, 6) is 0.356. The molecule has 6 heteroatoms. The number of rotatable bonds is 7. The third-order valence-electron chi connectivity index (χ3n) is 3.91. The van der Waals surface area contributed by atoms with Gasteiger partial charge >= 0.3 is 0 Å². The number of nitrogens with one attached hydrogen (secondary N) is 1. The van der Waals surface area contributed by atoms with Gasteiger partial charge in [-0.2, -0.15) is 0 Å². The van der Waals surface area contributed by atoms with Crippen molar-refractivity contribution in [3.63, 3.8) is 0 Å². The predicted molar refractivity (Wildman–Crippen MR) is 104 cm³/mol. The zero-order valence-corrected chi connectivity index (χ0v) is 15.7. The van der Waals surface area contributed by atoms with Crippen molar-refractivity contribution in [3.8, 4) is 0 Å². The minimum atomic E-state index is -0.228. The molecule has 1 aromatic carbocycles. The standard InChI is InChI=1S/C19H27N5O/c1-6-7-12-24(5)19-20-14(2)13-17(22-19)18(25)21-15-8-10-16(11-9-15)23(3)4/h8-11,13H,6-7,12H2,1-5H3,(H,21,25). The van der Waals surface area contributed by atoms with Gasteiger partial charge in [0.2, 0.25) is 5.95 Å². The molecule has 0 fully saturated rings. The molecule has 0 aliphatic heterocycles. The lowest BCUT2D eigenvalue weighted by Crippen LogP contribution is -2.23. The fourth-order valence-corrected chi connectivity index (χ4v) is 2.37. The van der Waals surface area contributed by atoms with Gasteiger partial charge < -0.3 is 15.1 Å². The topological polar surface area (TPSA) is 61.4 Å². The van der Waals surface area contributed by atoms with E-state index >= 15 is 0 Å². The number of aromatic nitrogens is 2. The van der Waals surface area contributed by atoms with Gasteiger partial charge in [-0.05, 0) is 43.7 Å². The Labute approximate surface area is 149 Å². The molecule has 0 unspecified atom stereocenters. The second-order valence-electron chi connectivity index (χ2n) is 6.37. The summed E-state index contributed by atoms with van der Waals surface area (Å²) in [6, 6.07) is 9.40. The Hall–Kier alpha value is -2.63. The number of hydrogen-bond acceptors (Lipinski definition) is 5. The molecule has 0 spiro atoms. The highest BCUT2D eigenvalue weighted by Gasteiger charge is 2.13. The van der Waals surface area contributed by atoms with Gasteiger partial charge in [-0.25, -0.2) is 9.97 Å². The third-order valence-corrected chi connectivity index (χ3v) is 3.91. The van der Waals surface area contributed by atoms with E-state index in [0.717, 1.165) is 36.5 Å². The van der Waals surface area contributed by atoms with Gasteiger partial charge in [0.15, 0.2) is 0 Å². The van der Waals surface area contributed by atoms with Gasteiger partial charge in [-0.1, -0.05) is 13.3 Å². The molecule has 2 rings (SSSR count). The lowest BCUT2D eigenvalue weighted by Gasteiger charge is -2.17. The molecule has 134 valence electrons. The number of aryl methyl sites for hydroxylation is 1. The highest BCUT2D eigenvalue weighted by Crippen LogP contribution is 2.17. The first-order chi connectivity index (χ1) is 11.9. The van der Waals surface area contributed by atoms with Gasteiger partial charge in [0.25, 0.3) is 5.91 Å². The normalized spacial score (nSPS) is 10.4. The highest BCUT2D eigenvalue weighted by molar-refractivity contribution is 6.03. The number of hydrogen-bond donors (Lipinski definition) is 1. The molecule has 1 heterocycles. The lowest BCUT2D eigenvalue weighted by atomic mass is 10.2. The molecule has 1 N–H and O–H groups in total. The van der Waals surface area contributed by atoms with E-state index in [4.69, 9.17) is 0 Å². The van der Waals surface area contributed by atoms with Gasteiger partial charge in [0, 0.05) is 44.8 Å². The SMILES string of the molecule is CCCCN(C)c1nc(C)cc(C(=O)Nc2ccc(N(C)C)cc2)n1. The Morgan fingerprint density at radius 2 is 1.80 bits per heavy atom.